The molecule has 0 bridgehead atoms. The molecule has 1 saturated heterocycles. The van der Waals surface area contributed by atoms with Crippen molar-refractivity contribution in [3.8, 4) is 0 Å². The zero-order valence-corrected chi connectivity index (χ0v) is 27.3. The second kappa shape index (κ2) is 16.3. The Morgan fingerprint density at radius 1 is 0.907 bits per heavy atom. The number of carbonyl (C=O) groups excluding carboxylic acids is 2. The number of ether oxygens (including phenoxy) is 2. The summed E-state index contributed by atoms with van der Waals surface area (Å²) < 4.78 is 11.7. The summed E-state index contributed by atoms with van der Waals surface area (Å²) in [6, 6.07) is 16.3. The number of piperazine rings is 1. The Hall–Kier alpha value is -2.82. The first-order chi connectivity index (χ1) is 20.7. The summed E-state index contributed by atoms with van der Waals surface area (Å²) >= 11 is 16.1. The lowest BCUT2D eigenvalue weighted by Gasteiger charge is -2.32. The molecule has 1 fully saturated rings. The number of anilines is 3. The summed E-state index contributed by atoms with van der Waals surface area (Å²) in [5.74, 6) is -0.704. The lowest BCUT2D eigenvalue weighted by molar-refractivity contribution is -0.142. The normalized spacial score (nSPS) is 14.0. The van der Waals surface area contributed by atoms with Crippen molar-refractivity contribution in [2.75, 3.05) is 57.5 Å². The maximum Gasteiger partial charge on any atom is 0.338 e. The first kappa shape index (κ1) is 33.1. The number of hydrogen-bond acceptors (Lipinski definition) is 8. The first-order valence-electron chi connectivity index (χ1n) is 14.3. The summed E-state index contributed by atoms with van der Waals surface area (Å²) in [5, 5.41) is 4.21. The highest BCUT2D eigenvalue weighted by Crippen LogP contribution is 2.34. The largest absolute Gasteiger partial charge is 0.465 e. The van der Waals surface area contributed by atoms with Crippen LogP contribution in [0.1, 0.15) is 40.7 Å². The molecule has 0 radical (unpaired) electrons. The molecule has 1 aliphatic rings. The van der Waals surface area contributed by atoms with E-state index in [1.807, 2.05) is 30.3 Å². The zero-order chi connectivity index (χ0) is 30.8. The second-order valence-electron chi connectivity index (χ2n) is 10.6. The minimum atomic E-state index is -0.378. The van der Waals surface area contributed by atoms with Crippen molar-refractivity contribution in [2.45, 2.75) is 32.2 Å². The third-order valence-electron chi connectivity index (χ3n) is 7.30. The summed E-state index contributed by atoms with van der Waals surface area (Å²) in [7, 11) is 2.12. The van der Waals surface area contributed by atoms with Crippen LogP contribution in [0.2, 0.25) is 10.0 Å². The number of halogens is 3. The van der Waals surface area contributed by atoms with E-state index in [0.717, 1.165) is 49.4 Å². The maximum absolute atomic E-state index is 12.7. The minimum Gasteiger partial charge on any atom is -0.465 e. The molecule has 11 heteroatoms. The van der Waals surface area contributed by atoms with E-state index in [0.29, 0.717) is 57.4 Å². The van der Waals surface area contributed by atoms with Crippen molar-refractivity contribution >= 4 is 68.1 Å². The van der Waals surface area contributed by atoms with Crippen LogP contribution in [0.4, 0.5) is 17.1 Å². The molecular weight excluding hydrogens is 655 g/mol. The van der Waals surface area contributed by atoms with E-state index in [2.05, 4.69) is 38.1 Å². The molecule has 3 N–H and O–H groups in total. The lowest BCUT2D eigenvalue weighted by atomic mass is 10.1. The Bertz CT molecular complexity index is 1400. The van der Waals surface area contributed by atoms with Crippen LogP contribution in [0.25, 0.3) is 0 Å². The quantitative estimate of drug-likeness (QED) is 0.113. The third-order valence-corrected chi connectivity index (χ3v) is 8.59. The highest BCUT2D eigenvalue weighted by atomic mass is 79.9. The van der Waals surface area contributed by atoms with Gasteiger partial charge in [0.1, 0.15) is 0 Å². The fourth-order valence-electron chi connectivity index (χ4n) is 4.74. The molecule has 8 nitrogen and oxygen atoms in total. The molecule has 0 aromatic heterocycles. The van der Waals surface area contributed by atoms with Gasteiger partial charge in [-0.1, -0.05) is 47.5 Å². The number of likely N-dealkylation sites (N-methyl/N-ethyl adjacent to an activating group) is 1. The van der Waals surface area contributed by atoms with E-state index in [1.54, 1.807) is 24.3 Å². The Balaban J connectivity index is 1.16. The monoisotopic (exact) mass is 690 g/mol. The fraction of sp³-hybridized carbons (Fsp3) is 0.375. The molecule has 0 amide bonds. The van der Waals surface area contributed by atoms with E-state index in [9.17, 15) is 9.59 Å². The molecule has 230 valence electrons. The number of esters is 2. The van der Waals surface area contributed by atoms with Crippen molar-refractivity contribution in [3.05, 3.63) is 85.8 Å². The standard InChI is InChI=1S/C32H37BrCl2N4O4/c1-38-12-14-39(15-13-38)21-24-18-23(19-25(33)30(24)36)32(41)43-17-6-2-5-16-42-29(40)20-22-8-3-4-11-28(22)37-31-26(34)9-7-10-27(31)35/h3-4,7-11,18-19,37H,2,5-6,12-17,20-21,36H2,1H3. The van der Waals surface area contributed by atoms with Crippen LogP contribution < -0.4 is 11.1 Å². The van der Waals surface area contributed by atoms with Crippen LogP contribution in [0, 0.1) is 0 Å². The Morgan fingerprint density at radius 3 is 2.30 bits per heavy atom. The second-order valence-corrected chi connectivity index (χ2v) is 12.3. The van der Waals surface area contributed by atoms with E-state index in [4.69, 9.17) is 38.4 Å². The Labute approximate surface area is 271 Å². The van der Waals surface area contributed by atoms with Gasteiger partial charge in [0.2, 0.25) is 0 Å². The predicted molar refractivity (Wildman–Crippen MR) is 176 cm³/mol. The van der Waals surface area contributed by atoms with E-state index >= 15 is 0 Å². The van der Waals surface area contributed by atoms with Gasteiger partial charge in [0, 0.05) is 42.9 Å². The number of nitrogen functional groups attached to an aromatic ring is 1. The van der Waals surface area contributed by atoms with Gasteiger partial charge in [-0.25, -0.2) is 4.79 Å². The average molecular weight is 692 g/mol. The van der Waals surface area contributed by atoms with Crippen LogP contribution >= 0.6 is 39.1 Å². The molecule has 43 heavy (non-hydrogen) atoms. The smallest absolute Gasteiger partial charge is 0.338 e. The van der Waals surface area contributed by atoms with Crippen LogP contribution in [0.3, 0.4) is 0 Å². The summed E-state index contributed by atoms with van der Waals surface area (Å²) in [6.45, 7) is 5.20. The molecule has 0 aliphatic carbocycles. The van der Waals surface area contributed by atoms with Crippen molar-refractivity contribution in [2.24, 2.45) is 0 Å². The van der Waals surface area contributed by atoms with Crippen LogP contribution in [0.5, 0.6) is 0 Å². The van der Waals surface area contributed by atoms with E-state index < -0.39 is 0 Å². The zero-order valence-electron chi connectivity index (χ0n) is 24.2. The molecule has 3 aromatic rings. The highest BCUT2D eigenvalue weighted by molar-refractivity contribution is 9.10. The summed E-state index contributed by atoms with van der Waals surface area (Å²) in [4.78, 5) is 29.9. The maximum atomic E-state index is 12.7. The van der Waals surface area contributed by atoms with Gasteiger partial charge in [0.25, 0.3) is 0 Å². The highest BCUT2D eigenvalue weighted by Gasteiger charge is 2.18. The van der Waals surface area contributed by atoms with Crippen molar-refractivity contribution in [1.29, 1.82) is 0 Å². The number of para-hydroxylation sites is 2. The number of nitrogens with one attached hydrogen (secondary N) is 1. The molecule has 0 saturated carbocycles. The lowest BCUT2D eigenvalue weighted by Crippen LogP contribution is -2.44. The topological polar surface area (TPSA) is 97.1 Å². The molecule has 4 rings (SSSR count). The number of nitrogens with zero attached hydrogens (tertiary/aromatic N) is 2. The molecular formula is C32H37BrCl2N4O4. The van der Waals surface area contributed by atoms with Gasteiger partial charge in [0.15, 0.2) is 0 Å². The van der Waals surface area contributed by atoms with Gasteiger partial charge < -0.3 is 25.4 Å². The van der Waals surface area contributed by atoms with Gasteiger partial charge in [-0.05, 0) is 83.7 Å². The molecule has 1 aliphatic heterocycles. The molecule has 0 unspecified atom stereocenters. The molecule has 3 aromatic carbocycles. The first-order valence-corrected chi connectivity index (χ1v) is 15.9. The Kier molecular flexibility index (Phi) is 12.5. The molecule has 1 heterocycles. The Morgan fingerprint density at radius 2 is 1.58 bits per heavy atom. The minimum absolute atomic E-state index is 0.108. The summed E-state index contributed by atoms with van der Waals surface area (Å²) in [6.07, 6.45) is 2.19. The predicted octanol–water partition coefficient (Wildman–Crippen LogP) is 6.94. The van der Waals surface area contributed by atoms with Gasteiger partial charge in [-0.2, -0.15) is 0 Å². The molecule has 0 atom stereocenters. The number of hydrogen-bond donors (Lipinski definition) is 2. The van der Waals surface area contributed by atoms with Gasteiger partial charge in [-0.15, -0.1) is 0 Å². The van der Waals surface area contributed by atoms with Crippen LogP contribution in [-0.4, -0.2) is 68.2 Å². The van der Waals surface area contributed by atoms with Gasteiger partial charge >= 0.3 is 11.9 Å². The third kappa shape index (κ3) is 9.84. The van der Waals surface area contributed by atoms with Crippen LogP contribution in [-0.2, 0) is 27.2 Å². The van der Waals surface area contributed by atoms with Crippen molar-refractivity contribution in [3.63, 3.8) is 0 Å². The number of rotatable bonds is 13. The fourth-order valence-corrected chi connectivity index (χ4v) is 5.73. The number of unbranched alkanes of at least 4 members (excludes halogenated alkanes) is 2. The van der Waals surface area contributed by atoms with Gasteiger partial charge in [-0.3, -0.25) is 9.69 Å². The average Bonchev–Trinajstić information content (AvgIpc) is 2.98. The van der Waals surface area contributed by atoms with E-state index in [-0.39, 0.29) is 25.0 Å². The van der Waals surface area contributed by atoms with Gasteiger partial charge in [0.05, 0.1) is 46.6 Å². The van der Waals surface area contributed by atoms with Crippen LogP contribution in [0.15, 0.2) is 59.1 Å². The molecule has 0 spiro atoms. The number of nitrogens with two attached hydrogens (primary N) is 1. The van der Waals surface area contributed by atoms with Crippen molar-refractivity contribution < 1.29 is 19.1 Å². The van der Waals surface area contributed by atoms with E-state index in [1.165, 1.54) is 0 Å². The van der Waals surface area contributed by atoms with Crippen molar-refractivity contribution in [1.82, 2.24) is 9.80 Å². The summed E-state index contributed by atoms with van der Waals surface area (Å²) in [5.41, 5.74) is 10.4. The number of carbonyl (C=O) groups is 2. The number of benzene rings is 3. The SMILES string of the molecule is CN1CCN(Cc2cc(C(=O)OCCCCCOC(=O)Cc3ccccc3Nc3c(Cl)cccc3Cl)cc(Br)c2N)CC1.